The molecule has 0 bridgehead atoms. The summed E-state index contributed by atoms with van der Waals surface area (Å²) in [5.74, 6) is 1.39. The van der Waals surface area contributed by atoms with Crippen molar-refractivity contribution in [3.05, 3.63) is 89.7 Å². The van der Waals surface area contributed by atoms with Gasteiger partial charge in [-0.1, -0.05) is 36.4 Å². The smallest absolute Gasteiger partial charge is 0.229 e. The van der Waals surface area contributed by atoms with Crippen LogP contribution in [0, 0.1) is 6.92 Å². The fourth-order valence-electron chi connectivity index (χ4n) is 4.06. The number of pyridine rings is 1. The van der Waals surface area contributed by atoms with Gasteiger partial charge in [0, 0.05) is 12.2 Å². The van der Waals surface area contributed by atoms with E-state index >= 15 is 0 Å². The van der Waals surface area contributed by atoms with E-state index in [0.717, 1.165) is 42.8 Å². The molecule has 3 aromatic rings. The fourth-order valence-corrected chi connectivity index (χ4v) is 4.06. The molecule has 0 radical (unpaired) electrons. The first-order valence-electron chi connectivity index (χ1n) is 11.6. The number of aromatic nitrogens is 1. The number of aliphatic hydroxyl groups is 1. The molecule has 0 aliphatic carbocycles. The minimum Gasteiger partial charge on any atom is -0.489 e. The van der Waals surface area contributed by atoms with Gasteiger partial charge in [0.05, 0.1) is 0 Å². The van der Waals surface area contributed by atoms with Crippen LogP contribution in [0.1, 0.15) is 36.6 Å². The first kappa shape index (κ1) is 23.2. The van der Waals surface area contributed by atoms with Crippen LogP contribution in [-0.2, 0) is 12.3 Å². The van der Waals surface area contributed by atoms with Crippen molar-refractivity contribution in [1.82, 2.24) is 15.6 Å². The lowest BCUT2D eigenvalue weighted by Crippen LogP contribution is -2.60. The van der Waals surface area contributed by atoms with Crippen molar-refractivity contribution >= 4 is 0 Å². The van der Waals surface area contributed by atoms with Crippen LogP contribution in [0.5, 0.6) is 11.5 Å². The predicted octanol–water partition coefficient (Wildman–Crippen LogP) is 3.92. The second kappa shape index (κ2) is 10.8. The number of rotatable bonds is 9. The van der Waals surface area contributed by atoms with Crippen LogP contribution in [0.25, 0.3) is 0 Å². The molecule has 0 spiro atoms. The highest BCUT2D eigenvalue weighted by Crippen LogP contribution is 2.31. The van der Waals surface area contributed by atoms with E-state index in [9.17, 15) is 5.11 Å². The molecular weight excluding hydrogens is 414 g/mol. The van der Waals surface area contributed by atoms with Crippen molar-refractivity contribution in [2.24, 2.45) is 0 Å². The summed E-state index contributed by atoms with van der Waals surface area (Å²) in [7, 11) is 0. The van der Waals surface area contributed by atoms with Crippen molar-refractivity contribution in [1.29, 1.82) is 0 Å². The molecule has 4 rings (SSSR count). The summed E-state index contributed by atoms with van der Waals surface area (Å²) in [5, 5.41) is 18.0. The highest BCUT2D eigenvalue weighted by molar-refractivity contribution is 5.33. The van der Waals surface area contributed by atoms with Gasteiger partial charge in [0.1, 0.15) is 29.9 Å². The minimum absolute atomic E-state index is 0.206. The maximum absolute atomic E-state index is 11.0. The SMILES string of the molecule is Cc1ccc(C(NC2CCNCC2)(Oc2ccc(OCc3ccccc3)cc2)C(C)O)nc1. The van der Waals surface area contributed by atoms with Crippen molar-refractivity contribution in [3.63, 3.8) is 0 Å². The molecule has 0 amide bonds. The third-order valence-corrected chi connectivity index (χ3v) is 5.99. The largest absolute Gasteiger partial charge is 0.489 e. The molecule has 33 heavy (non-hydrogen) atoms. The summed E-state index contributed by atoms with van der Waals surface area (Å²) < 4.78 is 12.4. The van der Waals surface area contributed by atoms with Crippen LogP contribution in [0.15, 0.2) is 72.9 Å². The van der Waals surface area contributed by atoms with E-state index in [-0.39, 0.29) is 6.04 Å². The van der Waals surface area contributed by atoms with E-state index in [1.54, 1.807) is 13.1 Å². The molecule has 2 heterocycles. The number of nitrogens with one attached hydrogen (secondary N) is 2. The summed E-state index contributed by atoms with van der Waals surface area (Å²) in [6.07, 6.45) is 2.88. The van der Waals surface area contributed by atoms with E-state index in [0.29, 0.717) is 18.1 Å². The molecular formula is C27H33N3O3. The maximum Gasteiger partial charge on any atom is 0.229 e. The lowest BCUT2D eigenvalue weighted by atomic mass is 9.97. The van der Waals surface area contributed by atoms with Gasteiger partial charge in [-0.2, -0.15) is 0 Å². The molecule has 1 saturated heterocycles. The van der Waals surface area contributed by atoms with Crippen LogP contribution in [-0.4, -0.2) is 35.3 Å². The molecule has 2 aromatic carbocycles. The molecule has 1 aliphatic heterocycles. The van der Waals surface area contributed by atoms with Crippen LogP contribution < -0.4 is 20.1 Å². The molecule has 6 nitrogen and oxygen atoms in total. The van der Waals surface area contributed by atoms with Gasteiger partial charge in [-0.15, -0.1) is 0 Å². The molecule has 1 aliphatic rings. The number of hydrogen-bond acceptors (Lipinski definition) is 6. The van der Waals surface area contributed by atoms with E-state index < -0.39 is 11.8 Å². The van der Waals surface area contributed by atoms with E-state index in [1.165, 1.54) is 0 Å². The number of benzene rings is 2. The maximum atomic E-state index is 11.0. The molecule has 2 unspecified atom stereocenters. The highest BCUT2D eigenvalue weighted by Gasteiger charge is 2.43. The third kappa shape index (κ3) is 5.90. The predicted molar refractivity (Wildman–Crippen MR) is 129 cm³/mol. The topological polar surface area (TPSA) is 75.6 Å². The number of aliphatic hydroxyl groups excluding tert-OH is 1. The van der Waals surface area contributed by atoms with Crippen molar-refractivity contribution < 1.29 is 14.6 Å². The molecule has 3 N–H and O–H groups in total. The Kier molecular flexibility index (Phi) is 7.60. The fraction of sp³-hybridized carbons (Fsp3) is 0.370. The Labute approximate surface area is 196 Å². The van der Waals surface area contributed by atoms with Crippen molar-refractivity contribution in [2.45, 2.75) is 51.2 Å². The van der Waals surface area contributed by atoms with Gasteiger partial charge in [-0.25, -0.2) is 0 Å². The lowest BCUT2D eigenvalue weighted by Gasteiger charge is -2.41. The summed E-state index contributed by atoms with van der Waals surface area (Å²) in [5.41, 5.74) is 1.66. The monoisotopic (exact) mass is 447 g/mol. The average molecular weight is 448 g/mol. The summed E-state index contributed by atoms with van der Waals surface area (Å²) >= 11 is 0. The van der Waals surface area contributed by atoms with Crippen molar-refractivity contribution in [3.8, 4) is 11.5 Å². The second-order valence-corrected chi connectivity index (χ2v) is 8.65. The van der Waals surface area contributed by atoms with Gasteiger partial charge in [-0.05, 0) is 81.2 Å². The number of piperidine rings is 1. The molecule has 1 aromatic heterocycles. The van der Waals surface area contributed by atoms with E-state index in [4.69, 9.17) is 9.47 Å². The summed E-state index contributed by atoms with van der Waals surface area (Å²) in [6.45, 7) is 6.11. The lowest BCUT2D eigenvalue weighted by molar-refractivity contribution is -0.0881. The number of aryl methyl sites for hydroxylation is 1. The Morgan fingerprint density at radius 1 is 1.03 bits per heavy atom. The van der Waals surface area contributed by atoms with Gasteiger partial charge in [0.25, 0.3) is 0 Å². The molecule has 1 fully saturated rings. The van der Waals surface area contributed by atoms with Crippen LogP contribution in [0.3, 0.4) is 0 Å². The molecule has 0 saturated carbocycles. The van der Waals surface area contributed by atoms with Crippen LogP contribution >= 0.6 is 0 Å². The summed E-state index contributed by atoms with van der Waals surface area (Å²) in [6, 6.07) is 21.7. The Morgan fingerprint density at radius 2 is 1.73 bits per heavy atom. The quantitative estimate of drug-likeness (QED) is 0.432. The normalized spacial score (nSPS) is 17.2. The second-order valence-electron chi connectivity index (χ2n) is 8.65. The molecule has 2 atom stereocenters. The van der Waals surface area contributed by atoms with Crippen molar-refractivity contribution in [2.75, 3.05) is 13.1 Å². The van der Waals surface area contributed by atoms with Gasteiger partial charge in [0.15, 0.2) is 0 Å². The first-order chi connectivity index (χ1) is 16.0. The number of nitrogens with zero attached hydrogens (tertiary/aromatic N) is 1. The Balaban J connectivity index is 1.55. The molecule has 174 valence electrons. The Hall–Kier alpha value is -2.93. The van der Waals surface area contributed by atoms with Gasteiger partial charge >= 0.3 is 0 Å². The first-order valence-corrected chi connectivity index (χ1v) is 11.6. The van der Waals surface area contributed by atoms with E-state index in [1.807, 2.05) is 73.7 Å². The summed E-state index contributed by atoms with van der Waals surface area (Å²) in [4.78, 5) is 4.63. The standard InChI is InChI=1S/C27H33N3O3/c1-20-8-13-26(29-18-20)27(21(2)31,30-23-14-16-28-17-15-23)33-25-11-9-24(10-12-25)32-19-22-6-4-3-5-7-22/h3-13,18,21,23,28,30-31H,14-17,19H2,1-2H3. The van der Waals surface area contributed by atoms with Crippen LogP contribution in [0.2, 0.25) is 0 Å². The zero-order valence-corrected chi connectivity index (χ0v) is 19.3. The minimum atomic E-state index is -1.16. The average Bonchev–Trinajstić information content (AvgIpc) is 2.85. The van der Waals surface area contributed by atoms with Gasteiger partial charge < -0.3 is 19.9 Å². The van der Waals surface area contributed by atoms with Gasteiger partial charge in [0.2, 0.25) is 5.72 Å². The number of ether oxygens (including phenoxy) is 2. The number of hydrogen-bond donors (Lipinski definition) is 3. The van der Waals surface area contributed by atoms with E-state index in [2.05, 4.69) is 15.6 Å². The highest BCUT2D eigenvalue weighted by atomic mass is 16.5. The van der Waals surface area contributed by atoms with Crippen LogP contribution in [0.4, 0.5) is 0 Å². The Bertz CT molecular complexity index is 987. The van der Waals surface area contributed by atoms with Gasteiger partial charge in [-0.3, -0.25) is 10.3 Å². The third-order valence-electron chi connectivity index (χ3n) is 5.99. The Morgan fingerprint density at radius 3 is 2.36 bits per heavy atom. The zero-order valence-electron chi connectivity index (χ0n) is 19.3. The zero-order chi connectivity index (χ0) is 23.1. The molecule has 6 heteroatoms.